The molecule has 2 aromatic rings. The summed E-state index contributed by atoms with van der Waals surface area (Å²) in [6.07, 6.45) is 5.56. The van der Waals surface area contributed by atoms with Gasteiger partial charge in [0.2, 0.25) is 0 Å². The van der Waals surface area contributed by atoms with Crippen LogP contribution < -0.4 is 5.32 Å². The van der Waals surface area contributed by atoms with Crippen molar-refractivity contribution in [2.45, 2.75) is 19.8 Å². The normalized spacial score (nSPS) is 15.4. The van der Waals surface area contributed by atoms with Crippen molar-refractivity contribution < 1.29 is 4.79 Å². The molecule has 0 radical (unpaired) electrons. The fourth-order valence-electron chi connectivity index (χ4n) is 3.23. The average Bonchev–Trinajstić information content (AvgIpc) is 2.67. The second-order valence-corrected chi connectivity index (χ2v) is 6.95. The molecule has 1 aromatic heterocycles. The molecule has 1 saturated heterocycles. The number of nitrogens with zero attached hydrogens (tertiary/aromatic N) is 2. The molecule has 0 bridgehead atoms. The molecule has 25 heavy (non-hydrogen) atoms. The highest BCUT2D eigenvalue weighted by Gasteiger charge is 2.23. The quantitative estimate of drug-likeness (QED) is 0.883. The fraction of sp³-hybridized carbons (Fsp3) is 0.400. The maximum atomic E-state index is 12.8. The van der Waals surface area contributed by atoms with Gasteiger partial charge in [0.15, 0.2) is 0 Å². The Hall–Kier alpha value is -1.91. The summed E-state index contributed by atoms with van der Waals surface area (Å²) in [7, 11) is 0. The van der Waals surface area contributed by atoms with Crippen molar-refractivity contribution in [3.05, 3.63) is 53.3 Å². The molecule has 5 heteroatoms. The van der Waals surface area contributed by atoms with Gasteiger partial charge in [-0.25, -0.2) is 0 Å². The Bertz CT molecular complexity index is 709. The predicted molar refractivity (Wildman–Crippen MR) is 102 cm³/mol. The second kappa shape index (κ2) is 8.45. The minimum Gasteiger partial charge on any atom is -0.339 e. The molecule has 3 rings (SSSR count). The van der Waals surface area contributed by atoms with E-state index in [4.69, 9.17) is 11.6 Å². The number of halogens is 1. The van der Waals surface area contributed by atoms with Gasteiger partial charge in [-0.1, -0.05) is 30.7 Å². The van der Waals surface area contributed by atoms with Gasteiger partial charge in [-0.15, -0.1) is 0 Å². The number of piperidine rings is 1. The monoisotopic (exact) mass is 357 g/mol. The average molecular weight is 358 g/mol. The summed E-state index contributed by atoms with van der Waals surface area (Å²) in [4.78, 5) is 19.0. The molecule has 1 N–H and O–H groups in total. The summed E-state index contributed by atoms with van der Waals surface area (Å²) < 4.78 is 0. The molecule has 2 heterocycles. The smallest absolute Gasteiger partial charge is 0.255 e. The van der Waals surface area contributed by atoms with Crippen LogP contribution in [0.1, 0.15) is 30.1 Å². The minimum atomic E-state index is 0.0743. The van der Waals surface area contributed by atoms with E-state index >= 15 is 0 Å². The number of hydrogen-bond acceptors (Lipinski definition) is 3. The molecule has 0 saturated carbocycles. The molecule has 1 fully saturated rings. The molecule has 0 aliphatic carbocycles. The molecule has 4 nitrogen and oxygen atoms in total. The van der Waals surface area contributed by atoms with Crippen molar-refractivity contribution in [1.29, 1.82) is 0 Å². The number of carbonyl (C=O) groups excluding carboxylic acids is 1. The van der Waals surface area contributed by atoms with Crippen molar-refractivity contribution in [3.8, 4) is 11.1 Å². The molecular formula is C20H24ClN3O. The summed E-state index contributed by atoms with van der Waals surface area (Å²) in [5.41, 5.74) is 2.60. The number of carbonyl (C=O) groups is 1. The number of benzene rings is 1. The van der Waals surface area contributed by atoms with E-state index in [9.17, 15) is 4.79 Å². The van der Waals surface area contributed by atoms with Crippen LogP contribution in [0.15, 0.2) is 42.7 Å². The first-order chi connectivity index (χ1) is 12.2. The Balaban J connectivity index is 1.67. The molecule has 1 aliphatic heterocycles. The van der Waals surface area contributed by atoms with Crippen LogP contribution in [-0.2, 0) is 0 Å². The van der Waals surface area contributed by atoms with E-state index in [0.29, 0.717) is 16.5 Å². The number of amides is 1. The Morgan fingerprint density at radius 3 is 2.60 bits per heavy atom. The number of rotatable bonds is 5. The van der Waals surface area contributed by atoms with Gasteiger partial charge in [-0.05, 0) is 55.6 Å². The highest BCUT2D eigenvalue weighted by Crippen LogP contribution is 2.23. The van der Waals surface area contributed by atoms with E-state index in [0.717, 1.165) is 50.1 Å². The molecule has 0 spiro atoms. The zero-order valence-corrected chi connectivity index (χ0v) is 15.3. The first-order valence-electron chi connectivity index (χ1n) is 8.88. The third-order valence-corrected chi connectivity index (χ3v) is 5.00. The van der Waals surface area contributed by atoms with E-state index in [1.54, 1.807) is 12.4 Å². The predicted octanol–water partition coefficient (Wildman–Crippen LogP) is 3.86. The summed E-state index contributed by atoms with van der Waals surface area (Å²) in [6, 6.07) is 9.50. The van der Waals surface area contributed by atoms with Crippen molar-refractivity contribution in [2.75, 3.05) is 26.2 Å². The fourth-order valence-corrected chi connectivity index (χ4v) is 3.35. The highest BCUT2D eigenvalue weighted by molar-refractivity contribution is 6.30. The van der Waals surface area contributed by atoms with Crippen molar-refractivity contribution in [2.24, 2.45) is 5.92 Å². The molecule has 132 valence electrons. The SMILES string of the molecule is CCNCC1CCN(C(=O)c2cncc(-c3ccc(Cl)cc3)c2)CC1. The molecule has 0 unspecified atom stereocenters. The number of hydrogen-bond donors (Lipinski definition) is 1. The number of aromatic nitrogens is 1. The Morgan fingerprint density at radius 2 is 1.92 bits per heavy atom. The lowest BCUT2D eigenvalue weighted by Gasteiger charge is -2.32. The standard InChI is InChI=1S/C20H24ClN3O/c1-2-22-12-15-7-9-24(10-8-15)20(25)18-11-17(13-23-14-18)16-3-5-19(21)6-4-16/h3-6,11,13-15,22H,2,7-10,12H2,1H3. The highest BCUT2D eigenvalue weighted by atomic mass is 35.5. The van der Waals surface area contributed by atoms with Crippen molar-refractivity contribution >= 4 is 17.5 Å². The Labute approximate surface area is 154 Å². The summed E-state index contributed by atoms with van der Waals surface area (Å²) in [5.74, 6) is 0.743. The number of likely N-dealkylation sites (tertiary alicyclic amines) is 1. The Kier molecular flexibility index (Phi) is 6.05. The first-order valence-corrected chi connectivity index (χ1v) is 9.26. The summed E-state index contributed by atoms with van der Waals surface area (Å²) in [5, 5.41) is 4.10. The topological polar surface area (TPSA) is 45.2 Å². The van der Waals surface area contributed by atoms with Crippen molar-refractivity contribution in [1.82, 2.24) is 15.2 Å². The lowest BCUT2D eigenvalue weighted by molar-refractivity contribution is 0.0690. The van der Waals surface area contributed by atoms with Crippen LogP contribution in [0.4, 0.5) is 0 Å². The summed E-state index contributed by atoms with van der Waals surface area (Å²) >= 11 is 5.94. The minimum absolute atomic E-state index is 0.0743. The molecule has 0 atom stereocenters. The van der Waals surface area contributed by atoms with Gasteiger partial charge in [0.25, 0.3) is 5.91 Å². The number of pyridine rings is 1. The lowest BCUT2D eigenvalue weighted by Crippen LogP contribution is -2.40. The molecule has 1 aliphatic rings. The van der Waals surface area contributed by atoms with E-state index in [-0.39, 0.29) is 5.91 Å². The van der Waals surface area contributed by atoms with Crippen molar-refractivity contribution in [3.63, 3.8) is 0 Å². The van der Waals surface area contributed by atoms with Gasteiger partial charge in [0.1, 0.15) is 0 Å². The molecule has 1 aromatic carbocycles. The van der Waals surface area contributed by atoms with Gasteiger partial charge in [-0.3, -0.25) is 9.78 Å². The van der Waals surface area contributed by atoms with Crippen LogP contribution in [0.2, 0.25) is 5.02 Å². The van der Waals surface area contributed by atoms with Crippen LogP contribution in [-0.4, -0.2) is 42.0 Å². The number of nitrogens with one attached hydrogen (secondary N) is 1. The maximum Gasteiger partial charge on any atom is 0.255 e. The third-order valence-electron chi connectivity index (χ3n) is 4.75. The van der Waals surface area contributed by atoms with Crippen LogP contribution in [0.25, 0.3) is 11.1 Å². The molecule has 1 amide bonds. The van der Waals surface area contributed by atoms with E-state index in [2.05, 4.69) is 17.2 Å². The largest absolute Gasteiger partial charge is 0.339 e. The lowest BCUT2D eigenvalue weighted by atomic mass is 9.96. The van der Waals surface area contributed by atoms with Gasteiger partial charge >= 0.3 is 0 Å². The van der Waals surface area contributed by atoms with Crippen LogP contribution in [0.3, 0.4) is 0 Å². The van der Waals surface area contributed by atoms with Gasteiger partial charge < -0.3 is 10.2 Å². The summed E-state index contributed by atoms with van der Waals surface area (Å²) in [6.45, 7) is 5.81. The van der Waals surface area contributed by atoms with Gasteiger partial charge in [0, 0.05) is 36.1 Å². The first kappa shape index (κ1) is 17.9. The second-order valence-electron chi connectivity index (χ2n) is 6.51. The van der Waals surface area contributed by atoms with Crippen LogP contribution in [0, 0.1) is 5.92 Å². The van der Waals surface area contributed by atoms with Gasteiger partial charge in [0.05, 0.1) is 5.56 Å². The van der Waals surface area contributed by atoms with Crippen LogP contribution in [0.5, 0.6) is 0 Å². The zero-order chi connectivity index (χ0) is 17.6. The van der Waals surface area contributed by atoms with E-state index in [1.807, 2.05) is 35.2 Å². The molecular weight excluding hydrogens is 334 g/mol. The zero-order valence-electron chi connectivity index (χ0n) is 14.5. The third kappa shape index (κ3) is 4.59. The Morgan fingerprint density at radius 1 is 1.20 bits per heavy atom. The maximum absolute atomic E-state index is 12.8. The van der Waals surface area contributed by atoms with Gasteiger partial charge in [-0.2, -0.15) is 0 Å². The van der Waals surface area contributed by atoms with Crippen LogP contribution >= 0.6 is 11.6 Å². The van der Waals surface area contributed by atoms with E-state index < -0.39 is 0 Å². The van der Waals surface area contributed by atoms with E-state index in [1.165, 1.54) is 0 Å².